The second-order valence-electron chi connectivity index (χ2n) is 9.71. The smallest absolute Gasteiger partial charge is 0.153 e. The molecule has 0 unspecified atom stereocenters. The van der Waals surface area contributed by atoms with Gasteiger partial charge in [0.25, 0.3) is 0 Å². The molecule has 2 aromatic carbocycles. The molecule has 3 aliphatic carbocycles. The van der Waals surface area contributed by atoms with Crippen LogP contribution in [0.15, 0.2) is 30.5 Å². The first-order chi connectivity index (χ1) is 14.2. The number of nitrogens with zero attached hydrogens (tertiary/aromatic N) is 1. The van der Waals surface area contributed by atoms with Crippen molar-refractivity contribution in [2.75, 3.05) is 0 Å². The zero-order valence-corrected chi connectivity index (χ0v) is 20.0. The van der Waals surface area contributed by atoms with E-state index in [1.54, 1.807) is 0 Å². The van der Waals surface area contributed by atoms with Crippen LogP contribution in [0.1, 0.15) is 80.9 Å². The number of fused-ring (bicyclic) bond motifs is 7. The fraction of sp³-hybridized carbons (Fsp3) is 0.481. The summed E-state index contributed by atoms with van der Waals surface area (Å²) in [5, 5.41) is 3.56. The first kappa shape index (κ1) is 20.3. The fourth-order valence-corrected chi connectivity index (χ4v) is 6.98. The maximum atomic E-state index is 14.3. The number of ketones is 1. The van der Waals surface area contributed by atoms with E-state index in [4.69, 9.17) is 4.98 Å². The van der Waals surface area contributed by atoms with Gasteiger partial charge in [0.05, 0.1) is 10.8 Å². The molecule has 2 nitrogen and oxygen atoms in total. The van der Waals surface area contributed by atoms with Crippen molar-refractivity contribution < 1.29 is 24.9 Å². The van der Waals surface area contributed by atoms with E-state index in [2.05, 4.69) is 37.4 Å². The Hall–Kier alpha value is -1.57. The van der Waals surface area contributed by atoms with E-state index < -0.39 is 0 Å². The van der Waals surface area contributed by atoms with E-state index in [0.717, 1.165) is 36.6 Å². The van der Waals surface area contributed by atoms with Crippen LogP contribution < -0.4 is 0 Å². The Balaban J connectivity index is 0.00000193. The molecule has 0 bridgehead atoms. The van der Waals surface area contributed by atoms with Crippen molar-refractivity contribution in [3.8, 4) is 0 Å². The molecule has 1 radical (unpaired) electrons. The molecule has 6 rings (SSSR count). The molecule has 2 saturated carbocycles. The summed E-state index contributed by atoms with van der Waals surface area (Å²) in [6, 6.07) is 12.0. The number of pyridine rings is 1. The maximum Gasteiger partial charge on any atom is 0.153 e. The van der Waals surface area contributed by atoms with Gasteiger partial charge in [-0.1, -0.05) is 50.2 Å². The summed E-state index contributed by atoms with van der Waals surface area (Å²) in [7, 11) is 0. The molecule has 3 aliphatic rings. The molecule has 0 N–H and O–H groups in total. The van der Waals surface area contributed by atoms with Gasteiger partial charge in [-0.3, -0.25) is 4.79 Å². The number of rotatable bonds is 0. The summed E-state index contributed by atoms with van der Waals surface area (Å²) in [6.45, 7) is 2.19. The van der Waals surface area contributed by atoms with Gasteiger partial charge in [-0.05, 0) is 54.6 Å². The van der Waals surface area contributed by atoms with E-state index in [0.29, 0.717) is 5.78 Å². The minimum atomic E-state index is -0.277. The zero-order chi connectivity index (χ0) is 19.6. The van der Waals surface area contributed by atoms with Gasteiger partial charge in [0.2, 0.25) is 0 Å². The average molecular weight is 575 g/mol. The minimum Gasteiger partial charge on any atom is -0.304 e. The van der Waals surface area contributed by atoms with Gasteiger partial charge in [-0.2, -0.15) is 0 Å². The Morgan fingerprint density at radius 3 is 2.30 bits per heavy atom. The summed E-state index contributed by atoms with van der Waals surface area (Å²) >= 11 is 0. The second-order valence-corrected chi connectivity index (χ2v) is 9.71. The molecule has 1 aromatic heterocycles. The quantitative estimate of drug-likeness (QED) is 0.227. The van der Waals surface area contributed by atoms with Crippen LogP contribution in [0, 0.1) is 13.0 Å². The number of Topliss-reactive ketones (excluding diaryl/α,β-unsaturated/α-hetero) is 1. The largest absolute Gasteiger partial charge is 0.304 e. The number of aryl methyl sites for hydroxylation is 1. The Kier molecular flexibility index (Phi) is 4.91. The molecule has 1 heterocycles. The molecule has 3 aromatic rings. The number of aromatic nitrogens is 1. The Labute approximate surface area is 192 Å². The topological polar surface area (TPSA) is 30.0 Å². The third-order valence-electron chi connectivity index (χ3n) is 8.27. The Morgan fingerprint density at radius 2 is 1.60 bits per heavy atom. The first-order valence-electron chi connectivity index (χ1n) is 11.5. The van der Waals surface area contributed by atoms with Crippen LogP contribution in [0.4, 0.5) is 0 Å². The summed E-state index contributed by atoms with van der Waals surface area (Å²) in [6.07, 6.45) is 13.4. The van der Waals surface area contributed by atoms with Crippen molar-refractivity contribution in [1.82, 2.24) is 4.98 Å². The van der Waals surface area contributed by atoms with E-state index >= 15 is 0 Å². The SMILES string of the molecule is Cc1cc2c3c(cnc2c2[c-]cccc12)C1(CCCCC1)C(=O)C31CCCCC1.[Ir]. The Morgan fingerprint density at radius 1 is 0.933 bits per heavy atom. The predicted molar refractivity (Wildman–Crippen MR) is 117 cm³/mol. The van der Waals surface area contributed by atoms with Gasteiger partial charge in [0.15, 0.2) is 5.78 Å². The van der Waals surface area contributed by atoms with E-state index in [-0.39, 0.29) is 30.9 Å². The molecule has 0 saturated heterocycles. The van der Waals surface area contributed by atoms with E-state index in [1.165, 1.54) is 66.0 Å². The summed E-state index contributed by atoms with van der Waals surface area (Å²) in [5.74, 6) is 0.545. The van der Waals surface area contributed by atoms with Gasteiger partial charge in [0.1, 0.15) is 0 Å². The summed E-state index contributed by atoms with van der Waals surface area (Å²) < 4.78 is 0. The Bertz CT molecular complexity index is 1150. The van der Waals surface area contributed by atoms with Gasteiger partial charge in [-0.25, -0.2) is 0 Å². The number of hydrogen-bond donors (Lipinski definition) is 0. The van der Waals surface area contributed by atoms with E-state index in [1.807, 2.05) is 6.07 Å². The van der Waals surface area contributed by atoms with Crippen LogP contribution in [-0.4, -0.2) is 10.8 Å². The van der Waals surface area contributed by atoms with Gasteiger partial charge >= 0.3 is 0 Å². The molecule has 2 fully saturated rings. The predicted octanol–water partition coefficient (Wildman–Crippen LogP) is 6.48. The van der Waals surface area contributed by atoms with Crippen LogP contribution in [-0.2, 0) is 35.7 Å². The minimum absolute atomic E-state index is 0. The second kappa shape index (κ2) is 7.24. The fourth-order valence-electron chi connectivity index (χ4n) is 6.98. The molecule has 0 aliphatic heterocycles. The monoisotopic (exact) mass is 575 g/mol. The van der Waals surface area contributed by atoms with Crippen molar-refractivity contribution in [2.24, 2.45) is 0 Å². The summed E-state index contributed by atoms with van der Waals surface area (Å²) in [5.41, 5.74) is 4.40. The molecular weight excluding hydrogens is 547 g/mol. The van der Waals surface area contributed by atoms with Crippen LogP contribution >= 0.6 is 0 Å². The number of carbonyl (C=O) groups excluding carboxylic acids is 1. The first-order valence-corrected chi connectivity index (χ1v) is 11.5. The zero-order valence-electron chi connectivity index (χ0n) is 17.6. The molecule has 0 atom stereocenters. The standard InChI is InChI=1S/C27H28NO.Ir/c1-18-16-21-23-22(17-28-24(21)20-11-5-4-10-19(18)20)26(12-6-2-7-13-26)25(29)27(23)14-8-3-9-15-27;/h4-5,10,16-17H,2-3,6-9,12-15H2,1H3;/q-1;. The van der Waals surface area contributed by atoms with Crippen LogP contribution in [0.25, 0.3) is 21.7 Å². The number of carbonyl (C=O) groups is 1. The molecule has 157 valence electrons. The molecule has 0 amide bonds. The maximum absolute atomic E-state index is 14.3. The normalized spacial score (nSPS) is 21.8. The van der Waals surface area contributed by atoms with Gasteiger partial charge in [-0.15, -0.1) is 35.0 Å². The number of hydrogen-bond acceptors (Lipinski definition) is 2. The third kappa shape index (κ3) is 2.52. The van der Waals surface area contributed by atoms with Crippen LogP contribution in [0.2, 0.25) is 0 Å². The molecule has 30 heavy (non-hydrogen) atoms. The van der Waals surface area contributed by atoms with Crippen molar-refractivity contribution in [3.63, 3.8) is 0 Å². The molecular formula is C27H28IrNO-. The van der Waals surface area contributed by atoms with Crippen molar-refractivity contribution in [2.45, 2.75) is 82.0 Å². The summed E-state index contributed by atoms with van der Waals surface area (Å²) in [4.78, 5) is 19.3. The van der Waals surface area contributed by atoms with Crippen molar-refractivity contribution >= 4 is 27.5 Å². The number of benzene rings is 2. The van der Waals surface area contributed by atoms with Gasteiger partial charge < -0.3 is 4.98 Å². The van der Waals surface area contributed by atoms with E-state index in [9.17, 15) is 4.79 Å². The van der Waals surface area contributed by atoms with Gasteiger partial charge in [0, 0.05) is 26.3 Å². The third-order valence-corrected chi connectivity index (χ3v) is 8.27. The van der Waals surface area contributed by atoms with Crippen molar-refractivity contribution in [3.05, 3.63) is 53.2 Å². The van der Waals surface area contributed by atoms with Crippen LogP contribution in [0.3, 0.4) is 0 Å². The van der Waals surface area contributed by atoms with Crippen molar-refractivity contribution in [1.29, 1.82) is 0 Å². The molecule has 2 spiro atoms. The average Bonchev–Trinajstić information content (AvgIpc) is 2.95. The van der Waals surface area contributed by atoms with Crippen LogP contribution in [0.5, 0.6) is 0 Å². The molecule has 3 heteroatoms.